The second-order valence-corrected chi connectivity index (χ2v) is 3.10. The first-order valence-corrected chi connectivity index (χ1v) is 4.84. The Kier molecular flexibility index (Phi) is 4.08. The fourth-order valence-corrected chi connectivity index (χ4v) is 1.44. The molecule has 0 atom stereocenters. The van der Waals surface area contributed by atoms with Gasteiger partial charge in [0.2, 0.25) is 5.70 Å². The fraction of sp³-hybridized carbons (Fsp3) is 0.600. The molecule has 0 spiro atoms. The van der Waals surface area contributed by atoms with Gasteiger partial charge in [-0.05, 0) is 13.3 Å². The quantitative estimate of drug-likeness (QED) is 0.405. The highest BCUT2D eigenvalue weighted by Gasteiger charge is 2.20. The SMILES string of the molecule is CCOC(=O)C=[N+]1CCCCC1=C=N. The molecule has 1 saturated heterocycles. The number of ether oxygens (including phenoxy) is 1. The minimum absolute atomic E-state index is 0.345. The van der Waals surface area contributed by atoms with Gasteiger partial charge in [0.1, 0.15) is 6.54 Å². The zero-order valence-corrected chi connectivity index (χ0v) is 8.38. The van der Waals surface area contributed by atoms with Crippen LogP contribution in [0.15, 0.2) is 5.70 Å². The van der Waals surface area contributed by atoms with Crippen LogP contribution in [0.5, 0.6) is 0 Å². The molecule has 1 N–H and O–H groups in total. The van der Waals surface area contributed by atoms with E-state index >= 15 is 0 Å². The largest absolute Gasteiger partial charge is 0.459 e. The first-order chi connectivity index (χ1) is 6.77. The summed E-state index contributed by atoms with van der Waals surface area (Å²) in [5, 5.41) is 7.07. The van der Waals surface area contributed by atoms with Gasteiger partial charge in [0.15, 0.2) is 0 Å². The van der Waals surface area contributed by atoms with Crippen LogP contribution in [-0.2, 0) is 9.53 Å². The molecule has 0 aromatic carbocycles. The third kappa shape index (κ3) is 2.82. The summed E-state index contributed by atoms with van der Waals surface area (Å²) in [4.78, 5) is 11.2. The predicted molar refractivity (Wildman–Crippen MR) is 52.9 cm³/mol. The molecule has 4 heteroatoms. The number of rotatable bonds is 2. The van der Waals surface area contributed by atoms with E-state index in [1.165, 1.54) is 6.21 Å². The maximum absolute atomic E-state index is 11.2. The van der Waals surface area contributed by atoms with Gasteiger partial charge in [0, 0.05) is 12.8 Å². The second-order valence-electron chi connectivity index (χ2n) is 3.10. The Morgan fingerprint density at radius 2 is 2.50 bits per heavy atom. The molecule has 0 radical (unpaired) electrons. The zero-order chi connectivity index (χ0) is 10.4. The molecule has 14 heavy (non-hydrogen) atoms. The Bertz CT molecular complexity index is 301. The average Bonchev–Trinajstić information content (AvgIpc) is 2.19. The van der Waals surface area contributed by atoms with Gasteiger partial charge < -0.3 is 4.74 Å². The molecule has 0 saturated carbocycles. The van der Waals surface area contributed by atoms with Gasteiger partial charge in [0.25, 0.3) is 6.21 Å². The van der Waals surface area contributed by atoms with Gasteiger partial charge in [-0.15, -0.1) is 0 Å². The van der Waals surface area contributed by atoms with Crippen LogP contribution >= 0.6 is 0 Å². The molecule has 0 amide bonds. The van der Waals surface area contributed by atoms with Crippen molar-refractivity contribution < 1.29 is 14.1 Å². The van der Waals surface area contributed by atoms with Crippen LogP contribution < -0.4 is 0 Å². The van der Waals surface area contributed by atoms with Crippen LogP contribution in [0.3, 0.4) is 0 Å². The van der Waals surface area contributed by atoms with E-state index in [1.807, 2.05) is 0 Å². The number of nitrogens with one attached hydrogen (secondary N) is 1. The molecule has 76 valence electrons. The molecule has 1 fully saturated rings. The van der Waals surface area contributed by atoms with Crippen molar-refractivity contribution in [1.29, 1.82) is 5.41 Å². The highest BCUT2D eigenvalue weighted by Crippen LogP contribution is 2.12. The first-order valence-electron chi connectivity index (χ1n) is 4.84. The maximum Gasteiger partial charge on any atom is 0.395 e. The second kappa shape index (κ2) is 5.35. The number of carbonyl (C=O) groups is 1. The molecular formula is C10H15N2O2+. The van der Waals surface area contributed by atoms with Crippen molar-refractivity contribution in [3.8, 4) is 0 Å². The van der Waals surface area contributed by atoms with Gasteiger partial charge in [-0.25, -0.2) is 4.79 Å². The summed E-state index contributed by atoms with van der Waals surface area (Å²) >= 11 is 0. The minimum Gasteiger partial charge on any atom is -0.459 e. The Balaban J connectivity index is 2.73. The maximum atomic E-state index is 11.2. The summed E-state index contributed by atoms with van der Waals surface area (Å²) in [6, 6.07) is 0. The molecule has 0 aliphatic carbocycles. The summed E-state index contributed by atoms with van der Waals surface area (Å²) in [5.41, 5.74) is 0.768. The van der Waals surface area contributed by atoms with Gasteiger partial charge in [-0.2, -0.15) is 4.58 Å². The number of hydrogen-bond donors (Lipinski definition) is 1. The monoisotopic (exact) mass is 195 g/mol. The topological polar surface area (TPSA) is 53.2 Å². The molecule has 4 nitrogen and oxygen atoms in total. The lowest BCUT2D eigenvalue weighted by Gasteiger charge is -2.09. The molecule has 0 unspecified atom stereocenters. The molecule has 1 rings (SSSR count). The van der Waals surface area contributed by atoms with Crippen molar-refractivity contribution >= 4 is 18.1 Å². The number of hydrogen-bond acceptors (Lipinski definition) is 3. The molecule has 1 aliphatic rings. The van der Waals surface area contributed by atoms with Gasteiger partial charge in [-0.1, -0.05) is 0 Å². The van der Waals surface area contributed by atoms with E-state index in [-0.39, 0.29) is 5.97 Å². The molecule has 0 bridgehead atoms. The van der Waals surface area contributed by atoms with Crippen molar-refractivity contribution in [2.45, 2.75) is 26.2 Å². The Morgan fingerprint density at radius 1 is 1.71 bits per heavy atom. The lowest BCUT2D eigenvalue weighted by atomic mass is 10.1. The van der Waals surface area contributed by atoms with Crippen LogP contribution in [-0.4, -0.2) is 35.8 Å². The number of piperidine rings is 1. The number of allylic oxidation sites excluding steroid dienone is 1. The average molecular weight is 195 g/mol. The van der Waals surface area contributed by atoms with Crippen LogP contribution in [0.4, 0.5) is 0 Å². The van der Waals surface area contributed by atoms with Crippen LogP contribution in [0.25, 0.3) is 0 Å². The highest BCUT2D eigenvalue weighted by atomic mass is 16.5. The Hall–Kier alpha value is -1.41. The van der Waals surface area contributed by atoms with Gasteiger partial charge in [0.05, 0.1) is 12.5 Å². The Morgan fingerprint density at radius 3 is 3.14 bits per heavy atom. The van der Waals surface area contributed by atoms with E-state index in [1.54, 1.807) is 11.5 Å². The fourth-order valence-electron chi connectivity index (χ4n) is 1.44. The zero-order valence-electron chi connectivity index (χ0n) is 8.38. The summed E-state index contributed by atoms with van der Waals surface area (Å²) in [7, 11) is 0. The molecule has 0 aromatic rings. The van der Waals surface area contributed by atoms with Crippen LogP contribution in [0.2, 0.25) is 0 Å². The lowest BCUT2D eigenvalue weighted by molar-refractivity contribution is -0.480. The van der Waals surface area contributed by atoms with E-state index in [2.05, 4.69) is 5.87 Å². The number of carbonyl (C=O) groups excluding carboxylic acids is 1. The molecule has 0 aromatic heterocycles. The minimum atomic E-state index is -0.345. The van der Waals surface area contributed by atoms with Crippen molar-refractivity contribution in [3.63, 3.8) is 0 Å². The van der Waals surface area contributed by atoms with E-state index in [9.17, 15) is 4.79 Å². The van der Waals surface area contributed by atoms with Crippen molar-refractivity contribution in [2.75, 3.05) is 13.2 Å². The van der Waals surface area contributed by atoms with Crippen LogP contribution in [0.1, 0.15) is 26.2 Å². The van der Waals surface area contributed by atoms with Crippen molar-refractivity contribution in [1.82, 2.24) is 0 Å². The van der Waals surface area contributed by atoms with E-state index in [4.69, 9.17) is 10.1 Å². The molecule has 1 heterocycles. The van der Waals surface area contributed by atoms with Gasteiger partial charge in [-0.3, -0.25) is 5.41 Å². The van der Waals surface area contributed by atoms with E-state index in [0.717, 1.165) is 31.5 Å². The summed E-state index contributed by atoms with van der Waals surface area (Å²) in [6.07, 6.45) is 4.34. The summed E-state index contributed by atoms with van der Waals surface area (Å²) in [6.45, 7) is 2.93. The predicted octanol–water partition coefficient (Wildman–Crippen LogP) is 0.949. The normalized spacial score (nSPS) is 19.2. The Labute approximate surface area is 83.4 Å². The van der Waals surface area contributed by atoms with Gasteiger partial charge >= 0.3 is 5.97 Å². The smallest absolute Gasteiger partial charge is 0.395 e. The van der Waals surface area contributed by atoms with E-state index < -0.39 is 0 Å². The lowest BCUT2D eigenvalue weighted by Crippen LogP contribution is -2.24. The summed E-state index contributed by atoms with van der Waals surface area (Å²) < 4.78 is 6.56. The third-order valence-corrected chi connectivity index (χ3v) is 2.10. The number of nitrogens with zero attached hydrogens (tertiary/aromatic N) is 1. The van der Waals surface area contributed by atoms with Crippen LogP contribution in [0, 0.1) is 5.41 Å². The standard InChI is InChI=1S/C10H15N2O2/c1-2-14-10(13)8-12-6-4-3-5-9(12)7-11/h8,11H,2-6H2,1H3/q+1. The van der Waals surface area contributed by atoms with Crippen molar-refractivity contribution in [2.24, 2.45) is 0 Å². The molecular weight excluding hydrogens is 180 g/mol. The third-order valence-electron chi connectivity index (χ3n) is 2.10. The molecule has 1 aliphatic heterocycles. The van der Waals surface area contributed by atoms with Crippen molar-refractivity contribution in [3.05, 3.63) is 5.70 Å². The number of esters is 1. The summed E-state index contributed by atoms with van der Waals surface area (Å²) in [5.74, 6) is 2.01. The van der Waals surface area contributed by atoms with E-state index in [0.29, 0.717) is 6.61 Å². The highest BCUT2D eigenvalue weighted by molar-refractivity contribution is 6.21. The first kappa shape index (κ1) is 10.7.